The highest BCUT2D eigenvalue weighted by Gasteiger charge is 2.23. The molecule has 15 heavy (non-hydrogen) atoms. The van der Waals surface area contributed by atoms with E-state index in [0.29, 0.717) is 12.3 Å². The summed E-state index contributed by atoms with van der Waals surface area (Å²) in [7, 11) is 0. The number of carboxylic acid groups (broad SMARTS) is 1. The lowest BCUT2D eigenvalue weighted by molar-refractivity contribution is -0.137. The molecule has 0 aliphatic carbocycles. The van der Waals surface area contributed by atoms with Crippen LogP contribution in [0.2, 0.25) is 0 Å². The van der Waals surface area contributed by atoms with Gasteiger partial charge in [-0.2, -0.15) is 0 Å². The van der Waals surface area contributed by atoms with Crippen molar-refractivity contribution in [1.82, 2.24) is 0 Å². The van der Waals surface area contributed by atoms with E-state index in [2.05, 4.69) is 6.92 Å². The third-order valence-electron chi connectivity index (χ3n) is 2.71. The van der Waals surface area contributed by atoms with Crippen LogP contribution in [0.15, 0.2) is 0 Å². The molecular weight excluding hydrogens is 192 g/mol. The second kappa shape index (κ2) is 6.11. The van der Waals surface area contributed by atoms with Gasteiger partial charge in [0.25, 0.3) is 0 Å². The molecule has 0 spiro atoms. The van der Waals surface area contributed by atoms with Crippen molar-refractivity contribution >= 4 is 5.97 Å². The molecule has 0 aromatic carbocycles. The number of rotatable bonds is 6. The Balaban J connectivity index is 3.74. The van der Waals surface area contributed by atoms with E-state index in [4.69, 9.17) is 5.11 Å². The summed E-state index contributed by atoms with van der Waals surface area (Å²) < 4.78 is 0. The first-order chi connectivity index (χ1) is 6.73. The summed E-state index contributed by atoms with van der Waals surface area (Å²) in [4.78, 5) is 10.3. The summed E-state index contributed by atoms with van der Waals surface area (Å²) in [5, 5.41) is 18.3. The summed E-state index contributed by atoms with van der Waals surface area (Å²) in [6.07, 6.45) is 2.25. The predicted molar refractivity (Wildman–Crippen MR) is 60.7 cm³/mol. The molecule has 0 aliphatic heterocycles. The van der Waals surface area contributed by atoms with Crippen LogP contribution in [0.5, 0.6) is 0 Å². The third kappa shape index (κ3) is 7.37. The molecular formula is C12H24O3. The fourth-order valence-electron chi connectivity index (χ4n) is 1.45. The van der Waals surface area contributed by atoms with E-state index in [1.54, 1.807) is 0 Å². The highest BCUT2D eigenvalue weighted by molar-refractivity contribution is 5.66. The van der Waals surface area contributed by atoms with Gasteiger partial charge in [0.05, 0.1) is 6.10 Å². The molecule has 3 nitrogen and oxygen atoms in total. The smallest absolute Gasteiger partial charge is 0.303 e. The molecule has 0 rings (SSSR count). The second-order valence-electron chi connectivity index (χ2n) is 5.51. The Morgan fingerprint density at radius 1 is 1.33 bits per heavy atom. The molecule has 0 unspecified atom stereocenters. The standard InChI is InChI=1S/C12H24O3/c1-9(6-5-7-11(14)15)8-10(13)12(2,3)4/h9-10,13H,5-8H2,1-4H3,(H,14,15)/t9-,10-/m1/s1. The van der Waals surface area contributed by atoms with Gasteiger partial charge in [-0.3, -0.25) is 4.79 Å². The van der Waals surface area contributed by atoms with Crippen molar-refractivity contribution in [2.45, 2.75) is 59.5 Å². The molecule has 0 saturated carbocycles. The Labute approximate surface area is 92.5 Å². The summed E-state index contributed by atoms with van der Waals surface area (Å²) in [5.41, 5.74) is -0.0823. The Morgan fingerprint density at radius 3 is 2.27 bits per heavy atom. The second-order valence-corrected chi connectivity index (χ2v) is 5.51. The quantitative estimate of drug-likeness (QED) is 0.717. The minimum atomic E-state index is -0.737. The van der Waals surface area contributed by atoms with Crippen LogP contribution in [0.1, 0.15) is 53.4 Å². The zero-order chi connectivity index (χ0) is 12.1. The van der Waals surface area contributed by atoms with Crippen molar-refractivity contribution in [3.8, 4) is 0 Å². The number of hydrogen-bond acceptors (Lipinski definition) is 2. The van der Waals surface area contributed by atoms with Crippen molar-refractivity contribution in [1.29, 1.82) is 0 Å². The lowest BCUT2D eigenvalue weighted by Gasteiger charge is -2.28. The lowest BCUT2D eigenvalue weighted by atomic mass is 9.83. The van der Waals surface area contributed by atoms with Crippen LogP contribution in [-0.4, -0.2) is 22.3 Å². The maximum Gasteiger partial charge on any atom is 0.303 e. The van der Waals surface area contributed by atoms with Gasteiger partial charge in [-0.05, 0) is 24.2 Å². The maximum absolute atomic E-state index is 10.3. The Kier molecular flexibility index (Phi) is 5.88. The Bertz CT molecular complexity index is 194. The van der Waals surface area contributed by atoms with Gasteiger partial charge in [-0.15, -0.1) is 0 Å². The molecule has 0 heterocycles. The largest absolute Gasteiger partial charge is 0.481 e. The fraction of sp³-hybridized carbons (Fsp3) is 0.917. The number of aliphatic hydroxyl groups is 1. The lowest BCUT2D eigenvalue weighted by Crippen LogP contribution is -2.27. The van der Waals surface area contributed by atoms with Crippen molar-refractivity contribution in [2.75, 3.05) is 0 Å². The minimum absolute atomic E-state index is 0.0823. The van der Waals surface area contributed by atoms with E-state index in [1.165, 1.54) is 0 Å². The van der Waals surface area contributed by atoms with Crippen molar-refractivity contribution in [3.63, 3.8) is 0 Å². The fourth-order valence-corrected chi connectivity index (χ4v) is 1.45. The van der Waals surface area contributed by atoms with E-state index >= 15 is 0 Å². The van der Waals surface area contributed by atoms with Crippen molar-refractivity contribution in [2.24, 2.45) is 11.3 Å². The molecule has 2 N–H and O–H groups in total. The van der Waals surface area contributed by atoms with E-state index in [-0.39, 0.29) is 17.9 Å². The van der Waals surface area contributed by atoms with E-state index in [0.717, 1.165) is 12.8 Å². The Morgan fingerprint density at radius 2 is 1.87 bits per heavy atom. The number of carbonyl (C=O) groups is 1. The average Bonchev–Trinajstić information content (AvgIpc) is 2.01. The van der Waals surface area contributed by atoms with Crippen molar-refractivity contribution < 1.29 is 15.0 Å². The van der Waals surface area contributed by atoms with Crippen LogP contribution in [-0.2, 0) is 4.79 Å². The van der Waals surface area contributed by atoms with Gasteiger partial charge in [0.1, 0.15) is 0 Å². The third-order valence-corrected chi connectivity index (χ3v) is 2.71. The number of aliphatic hydroxyl groups excluding tert-OH is 1. The van der Waals surface area contributed by atoms with Gasteiger partial charge in [0, 0.05) is 6.42 Å². The van der Waals surface area contributed by atoms with E-state index < -0.39 is 5.97 Å². The summed E-state index contributed by atoms with van der Waals surface area (Å²) in [6, 6.07) is 0. The molecule has 0 aromatic rings. The number of carboxylic acids is 1. The normalized spacial score (nSPS) is 16.1. The molecule has 2 atom stereocenters. The predicted octanol–water partition coefficient (Wildman–Crippen LogP) is 2.67. The van der Waals surface area contributed by atoms with Crippen LogP contribution >= 0.6 is 0 Å². The van der Waals surface area contributed by atoms with Crippen molar-refractivity contribution in [3.05, 3.63) is 0 Å². The molecule has 0 radical (unpaired) electrons. The van der Waals surface area contributed by atoms with Crippen LogP contribution in [0.3, 0.4) is 0 Å². The minimum Gasteiger partial charge on any atom is -0.481 e. The topological polar surface area (TPSA) is 57.5 Å². The molecule has 90 valence electrons. The molecule has 0 aromatic heterocycles. The zero-order valence-corrected chi connectivity index (χ0v) is 10.3. The van der Waals surface area contributed by atoms with Gasteiger partial charge in [0.2, 0.25) is 0 Å². The van der Waals surface area contributed by atoms with Gasteiger partial charge in [-0.25, -0.2) is 0 Å². The van der Waals surface area contributed by atoms with Crippen LogP contribution in [0.4, 0.5) is 0 Å². The molecule has 0 aliphatic rings. The van der Waals surface area contributed by atoms with Gasteiger partial charge < -0.3 is 10.2 Å². The van der Waals surface area contributed by atoms with Crippen LogP contribution in [0, 0.1) is 11.3 Å². The molecule has 3 heteroatoms. The Hall–Kier alpha value is -0.570. The number of hydrogen-bond donors (Lipinski definition) is 2. The molecule has 0 fully saturated rings. The maximum atomic E-state index is 10.3. The summed E-state index contributed by atoms with van der Waals surface area (Å²) in [6.45, 7) is 8.11. The zero-order valence-electron chi connectivity index (χ0n) is 10.3. The first-order valence-electron chi connectivity index (χ1n) is 5.63. The highest BCUT2D eigenvalue weighted by atomic mass is 16.4. The highest BCUT2D eigenvalue weighted by Crippen LogP contribution is 2.26. The monoisotopic (exact) mass is 216 g/mol. The van der Waals surface area contributed by atoms with E-state index in [1.807, 2.05) is 20.8 Å². The molecule has 0 amide bonds. The van der Waals surface area contributed by atoms with E-state index in [9.17, 15) is 9.90 Å². The summed E-state index contributed by atoms with van der Waals surface area (Å²) >= 11 is 0. The van der Waals surface area contributed by atoms with Crippen LogP contribution < -0.4 is 0 Å². The SMILES string of the molecule is C[C@H](CCCC(=O)O)C[C@@H](O)C(C)(C)C. The number of aliphatic carboxylic acids is 1. The van der Waals surface area contributed by atoms with Gasteiger partial charge >= 0.3 is 5.97 Å². The summed E-state index contributed by atoms with van der Waals surface area (Å²) in [5.74, 6) is -0.350. The first-order valence-corrected chi connectivity index (χ1v) is 5.63. The van der Waals surface area contributed by atoms with Gasteiger partial charge in [-0.1, -0.05) is 34.1 Å². The first kappa shape index (κ1) is 14.4. The average molecular weight is 216 g/mol. The molecule has 0 bridgehead atoms. The van der Waals surface area contributed by atoms with Crippen LogP contribution in [0.25, 0.3) is 0 Å². The van der Waals surface area contributed by atoms with Gasteiger partial charge in [0.15, 0.2) is 0 Å². The molecule has 0 saturated heterocycles.